The standard InChI is InChI=1S/C10H15ClN2O2S/c1-7-8(5-6-9(11)12-7)16(14,15)13-10(2,3)4/h5-6,13H,1-4H3. The van der Waals surface area contributed by atoms with Crippen molar-refractivity contribution in [1.82, 2.24) is 9.71 Å². The summed E-state index contributed by atoms with van der Waals surface area (Å²) in [6.07, 6.45) is 0. The third-order valence-corrected chi connectivity index (χ3v) is 3.84. The third kappa shape index (κ3) is 3.43. The fourth-order valence-corrected chi connectivity index (χ4v) is 3.05. The average Bonchev–Trinajstić information content (AvgIpc) is 1.97. The second-order valence-electron chi connectivity index (χ2n) is 4.57. The van der Waals surface area contributed by atoms with Gasteiger partial charge in [-0.2, -0.15) is 0 Å². The molecule has 0 unspecified atom stereocenters. The molecule has 6 heteroatoms. The largest absolute Gasteiger partial charge is 0.242 e. The summed E-state index contributed by atoms with van der Waals surface area (Å²) in [5.41, 5.74) is -0.130. The van der Waals surface area contributed by atoms with E-state index < -0.39 is 15.6 Å². The highest BCUT2D eigenvalue weighted by atomic mass is 35.5. The highest BCUT2D eigenvalue weighted by Crippen LogP contribution is 2.17. The van der Waals surface area contributed by atoms with E-state index in [1.165, 1.54) is 12.1 Å². The lowest BCUT2D eigenvalue weighted by molar-refractivity contribution is 0.491. The maximum atomic E-state index is 12.0. The summed E-state index contributed by atoms with van der Waals surface area (Å²) < 4.78 is 26.5. The first-order valence-electron chi connectivity index (χ1n) is 4.79. The van der Waals surface area contributed by atoms with Crippen LogP contribution in [0.1, 0.15) is 26.5 Å². The van der Waals surface area contributed by atoms with Crippen LogP contribution in [-0.4, -0.2) is 18.9 Å². The van der Waals surface area contributed by atoms with Gasteiger partial charge in [-0.3, -0.25) is 0 Å². The zero-order valence-electron chi connectivity index (χ0n) is 9.70. The van der Waals surface area contributed by atoms with Crippen molar-refractivity contribution in [3.63, 3.8) is 0 Å². The van der Waals surface area contributed by atoms with Crippen LogP contribution in [0.3, 0.4) is 0 Å². The SMILES string of the molecule is Cc1nc(Cl)ccc1S(=O)(=O)NC(C)(C)C. The molecule has 0 aliphatic rings. The van der Waals surface area contributed by atoms with E-state index in [1.807, 2.05) is 0 Å². The number of aryl methyl sites for hydroxylation is 1. The van der Waals surface area contributed by atoms with Gasteiger partial charge < -0.3 is 0 Å². The first-order chi connectivity index (χ1) is 7.12. The second kappa shape index (κ2) is 4.31. The fourth-order valence-electron chi connectivity index (χ4n) is 1.26. The Morgan fingerprint density at radius 1 is 1.31 bits per heavy atom. The first kappa shape index (κ1) is 13.4. The van der Waals surface area contributed by atoms with Crippen molar-refractivity contribution >= 4 is 21.6 Å². The molecule has 16 heavy (non-hydrogen) atoms. The van der Waals surface area contributed by atoms with Crippen molar-refractivity contribution in [3.8, 4) is 0 Å². The lowest BCUT2D eigenvalue weighted by atomic mass is 10.1. The monoisotopic (exact) mass is 262 g/mol. The predicted octanol–water partition coefficient (Wildman–Crippen LogP) is 2.12. The molecule has 0 atom stereocenters. The molecule has 0 spiro atoms. The van der Waals surface area contributed by atoms with Crippen molar-refractivity contribution < 1.29 is 8.42 Å². The highest BCUT2D eigenvalue weighted by Gasteiger charge is 2.23. The molecule has 1 aromatic rings. The first-order valence-corrected chi connectivity index (χ1v) is 6.65. The van der Waals surface area contributed by atoms with Gasteiger partial charge in [-0.1, -0.05) is 11.6 Å². The Kier molecular flexibility index (Phi) is 3.62. The smallest absolute Gasteiger partial charge is 0.240 e. The lowest BCUT2D eigenvalue weighted by Crippen LogP contribution is -2.40. The number of hydrogen-bond acceptors (Lipinski definition) is 3. The Morgan fingerprint density at radius 2 is 1.88 bits per heavy atom. The molecule has 0 radical (unpaired) electrons. The number of nitrogens with zero attached hydrogens (tertiary/aromatic N) is 1. The number of nitrogens with one attached hydrogen (secondary N) is 1. The molecule has 0 aromatic carbocycles. The number of aromatic nitrogens is 1. The van der Waals surface area contributed by atoms with Gasteiger partial charge in [0, 0.05) is 5.54 Å². The molecule has 0 amide bonds. The number of halogens is 1. The molecule has 1 heterocycles. The van der Waals surface area contributed by atoms with Gasteiger partial charge in [-0.15, -0.1) is 0 Å². The van der Waals surface area contributed by atoms with Crippen LogP contribution in [-0.2, 0) is 10.0 Å². The van der Waals surface area contributed by atoms with Crippen LogP contribution in [0.2, 0.25) is 5.15 Å². The Balaban J connectivity index is 3.18. The normalized spacial score (nSPS) is 12.8. The summed E-state index contributed by atoms with van der Waals surface area (Å²) >= 11 is 5.67. The van der Waals surface area contributed by atoms with Gasteiger partial charge >= 0.3 is 0 Å². The van der Waals surface area contributed by atoms with Crippen LogP contribution in [0, 0.1) is 6.92 Å². The molecule has 0 bridgehead atoms. The summed E-state index contributed by atoms with van der Waals surface area (Å²) in [5.74, 6) is 0. The summed E-state index contributed by atoms with van der Waals surface area (Å²) in [5, 5.41) is 0.284. The van der Waals surface area contributed by atoms with E-state index in [-0.39, 0.29) is 10.0 Å². The molecule has 0 saturated carbocycles. The molecule has 0 fully saturated rings. The van der Waals surface area contributed by atoms with Gasteiger partial charge in [-0.25, -0.2) is 18.1 Å². The Hall–Kier alpha value is -0.650. The van der Waals surface area contributed by atoms with Crippen LogP contribution in [0.25, 0.3) is 0 Å². The molecule has 1 aromatic heterocycles. The number of hydrogen-bond donors (Lipinski definition) is 1. The molecule has 0 saturated heterocycles. The van der Waals surface area contributed by atoms with Gasteiger partial charge in [0.25, 0.3) is 0 Å². The van der Waals surface area contributed by atoms with Gasteiger partial charge in [0.2, 0.25) is 10.0 Å². The predicted molar refractivity (Wildman–Crippen MR) is 64.1 cm³/mol. The molecule has 0 aliphatic heterocycles. The van der Waals surface area contributed by atoms with Crippen molar-refractivity contribution in [2.24, 2.45) is 0 Å². The summed E-state index contributed by atoms with van der Waals surface area (Å²) in [6.45, 7) is 6.96. The maximum Gasteiger partial charge on any atom is 0.242 e. The van der Waals surface area contributed by atoms with E-state index in [2.05, 4.69) is 9.71 Å². The van der Waals surface area contributed by atoms with Crippen LogP contribution in [0.15, 0.2) is 17.0 Å². The van der Waals surface area contributed by atoms with Crippen molar-refractivity contribution in [3.05, 3.63) is 23.0 Å². The fraction of sp³-hybridized carbons (Fsp3) is 0.500. The topological polar surface area (TPSA) is 59.1 Å². The molecule has 1 rings (SSSR count). The Labute approximate surface area is 101 Å². The van der Waals surface area contributed by atoms with Gasteiger partial charge in [0.1, 0.15) is 10.0 Å². The van der Waals surface area contributed by atoms with Crippen molar-refractivity contribution in [2.75, 3.05) is 0 Å². The number of sulfonamides is 1. The summed E-state index contributed by atoms with van der Waals surface area (Å²) in [7, 11) is -3.54. The molecule has 0 aliphatic carbocycles. The molecule has 1 N–H and O–H groups in total. The van der Waals surface area contributed by atoms with E-state index >= 15 is 0 Å². The Bertz CT molecular complexity index is 492. The van der Waals surface area contributed by atoms with Crippen LogP contribution in [0.5, 0.6) is 0 Å². The minimum atomic E-state index is -3.54. The van der Waals surface area contributed by atoms with Gasteiger partial charge in [-0.05, 0) is 39.8 Å². The van der Waals surface area contributed by atoms with Gasteiger partial charge in [0.05, 0.1) is 5.69 Å². The lowest BCUT2D eigenvalue weighted by Gasteiger charge is -2.20. The van der Waals surface area contributed by atoms with E-state index in [9.17, 15) is 8.42 Å². The summed E-state index contributed by atoms with van der Waals surface area (Å²) in [6, 6.07) is 2.92. The minimum Gasteiger partial charge on any atom is -0.240 e. The zero-order chi connectivity index (χ0) is 12.6. The molecule has 4 nitrogen and oxygen atoms in total. The molecular weight excluding hydrogens is 248 g/mol. The molecular formula is C10H15ClN2O2S. The second-order valence-corrected chi connectivity index (χ2v) is 6.61. The van der Waals surface area contributed by atoms with Crippen molar-refractivity contribution in [1.29, 1.82) is 0 Å². The van der Waals surface area contributed by atoms with Crippen LogP contribution < -0.4 is 4.72 Å². The summed E-state index contributed by atoms with van der Waals surface area (Å²) in [4.78, 5) is 4.08. The van der Waals surface area contributed by atoms with E-state index in [0.29, 0.717) is 5.69 Å². The Morgan fingerprint density at radius 3 is 2.31 bits per heavy atom. The van der Waals surface area contributed by atoms with E-state index in [0.717, 1.165) is 0 Å². The van der Waals surface area contributed by atoms with Gasteiger partial charge in [0.15, 0.2) is 0 Å². The molecule has 90 valence electrons. The van der Waals surface area contributed by atoms with Crippen LogP contribution >= 0.6 is 11.6 Å². The number of pyridine rings is 1. The quantitative estimate of drug-likeness (QED) is 0.831. The highest BCUT2D eigenvalue weighted by molar-refractivity contribution is 7.89. The maximum absolute atomic E-state index is 12.0. The van der Waals surface area contributed by atoms with E-state index in [1.54, 1.807) is 27.7 Å². The minimum absolute atomic E-state index is 0.159. The number of rotatable bonds is 2. The third-order valence-electron chi connectivity index (χ3n) is 1.73. The zero-order valence-corrected chi connectivity index (χ0v) is 11.3. The van der Waals surface area contributed by atoms with E-state index in [4.69, 9.17) is 11.6 Å². The van der Waals surface area contributed by atoms with Crippen molar-refractivity contribution in [2.45, 2.75) is 38.1 Å². The average molecular weight is 263 g/mol. The van der Waals surface area contributed by atoms with Crippen LogP contribution in [0.4, 0.5) is 0 Å².